The van der Waals surface area contributed by atoms with Crippen LogP contribution in [0.4, 0.5) is 54.3 Å². The van der Waals surface area contributed by atoms with E-state index in [-0.39, 0.29) is 61.4 Å². The molecule has 24 nitrogen and oxygen atoms in total. The van der Waals surface area contributed by atoms with E-state index in [0.29, 0.717) is 15.4 Å². The number of hydrogen-bond donors (Lipinski definition) is 5. The van der Waals surface area contributed by atoms with Gasteiger partial charge < -0.3 is 64.2 Å². The van der Waals surface area contributed by atoms with Crippen LogP contribution in [0, 0.1) is 0 Å². The van der Waals surface area contributed by atoms with Gasteiger partial charge in [0, 0.05) is 33.0 Å². The summed E-state index contributed by atoms with van der Waals surface area (Å²) in [6, 6.07) is 20.6. The number of nitrogens with zero attached hydrogens (tertiary/aromatic N) is 4. The number of likely N-dealkylation sites (tertiary alicyclic amines) is 4. The van der Waals surface area contributed by atoms with E-state index in [2.05, 4.69) is 0 Å². The average Bonchev–Trinajstić information content (AvgIpc) is 1.75. The molecule has 6 saturated heterocycles. The number of benzene rings is 3. The fraction of sp³-hybridized carbons (Fsp3) is 0.576. The first-order valence-corrected chi connectivity index (χ1v) is 28.4. The van der Waals surface area contributed by atoms with Crippen LogP contribution < -0.4 is 29.6 Å². The fourth-order valence-electron chi connectivity index (χ4n) is 8.99. The van der Waals surface area contributed by atoms with Crippen LogP contribution in [0.2, 0.25) is 0 Å². The van der Waals surface area contributed by atoms with Crippen LogP contribution in [0.25, 0.3) is 0 Å². The maximum Gasteiger partial charge on any atom is 1.00 e. The Balaban J connectivity index is 0.000000391. The Morgan fingerprint density at radius 3 is 1.11 bits per heavy atom. The first kappa shape index (κ1) is 81.4. The summed E-state index contributed by atoms with van der Waals surface area (Å²) >= 11 is 0. The van der Waals surface area contributed by atoms with Gasteiger partial charge in [-0.3, -0.25) is 24.4 Å². The summed E-state index contributed by atoms with van der Waals surface area (Å²) in [5.74, 6) is -3.79. The molecule has 14 atom stereocenters. The minimum Gasteiger partial charge on any atom is -0.870 e. The zero-order chi connectivity index (χ0) is 66.8. The summed E-state index contributed by atoms with van der Waals surface area (Å²) in [6.45, 7) is 4.28. The van der Waals surface area contributed by atoms with E-state index in [4.69, 9.17) is 58.7 Å². The molecule has 4 amide bonds. The number of carbonyl (C=O) groups is 7. The molecule has 3 aromatic carbocycles. The molecule has 6 heterocycles. The van der Waals surface area contributed by atoms with Crippen LogP contribution in [-0.2, 0) is 67.4 Å². The predicted molar refractivity (Wildman–Crippen MR) is 301 cm³/mol. The number of halogens is 8. The molecule has 2 unspecified atom stereocenters. The van der Waals surface area contributed by atoms with Crippen molar-refractivity contribution in [2.24, 2.45) is 0 Å². The largest absolute Gasteiger partial charge is 1.00 e. The van der Waals surface area contributed by atoms with Crippen molar-refractivity contribution in [1.29, 1.82) is 0 Å². The molecule has 6 aliphatic rings. The molecule has 9 rings (SSSR count). The number of esters is 1. The zero-order valence-corrected chi connectivity index (χ0v) is 53.1. The maximum atomic E-state index is 13.8. The Morgan fingerprint density at radius 2 is 0.815 bits per heavy atom. The van der Waals surface area contributed by atoms with Crippen molar-refractivity contribution in [3.8, 4) is 0 Å². The van der Waals surface area contributed by atoms with Gasteiger partial charge >= 0.3 is 71.8 Å². The number of rotatable bonds is 11. The first-order valence-electron chi connectivity index (χ1n) is 28.4. The second-order valence-corrected chi connectivity index (χ2v) is 21.7. The van der Waals surface area contributed by atoms with E-state index < -0.39 is 167 Å². The fourth-order valence-corrected chi connectivity index (χ4v) is 8.99. The molecule has 6 N–H and O–H groups in total. The molecule has 0 bridgehead atoms. The number of ether oxygens (including phenoxy) is 7. The normalized spacial score (nSPS) is 26.7. The molecule has 33 heteroatoms. The Kier molecular flexibility index (Phi) is 35.8. The second-order valence-electron chi connectivity index (χ2n) is 21.7. The number of hydrogen-bond acceptors (Lipinski definition) is 18. The molecule has 92 heavy (non-hydrogen) atoms. The van der Waals surface area contributed by atoms with Gasteiger partial charge in [0.2, 0.25) is 0 Å². The molecule has 510 valence electrons. The van der Waals surface area contributed by atoms with Crippen molar-refractivity contribution in [3.63, 3.8) is 0 Å². The molecule has 0 saturated carbocycles. The first-order chi connectivity index (χ1) is 42.5. The summed E-state index contributed by atoms with van der Waals surface area (Å²) in [4.78, 5) is 82.5. The summed E-state index contributed by atoms with van der Waals surface area (Å²) in [5, 5.41) is 43.6. The van der Waals surface area contributed by atoms with Gasteiger partial charge in [0.1, 0.15) is 38.1 Å². The standard InChI is InChI=1S/C15H17F2NO4.C13H13F2NO4.C13H15F2NO3.C10H15F2NO4.2C4H8O2.Na.H2O/c1-10(19)21-9-13-14(17)12(16)7-18(13)15(20)22-8-11-5-3-2-4-6-11;14-9-6-16(11(10(9)15)12(17)18)13(19)20-7-8-4-2-1-3-5-8;14-10-6-16(11(7-17)12(10)15)13(18)19-8-9-4-2-1-3-5-9;1-10(2,3)17-9(16)13-4-5(11)6(12)7(13)8(14)15;2*5-4-2-1-3-6-4;;/h2-6,12-14H,7-9H2,1H3;1-5,9-11H,6-7H2,(H,17,18);1-5,10-12,17H,6-8H2;5-7H,4H2,1-3H3,(H,14,15);2*4-5H,1-3H2;;1H2/q;;;;;;+1;/p-1/t12-,13+,14-;9-,10-,11-;10-,11+,12-;5-,6-,7-;;;;/m0000..../s1. The molecule has 0 spiro atoms. The number of carboxylic acids is 2. The van der Waals surface area contributed by atoms with Crippen LogP contribution in [0.1, 0.15) is 70.1 Å². The van der Waals surface area contributed by atoms with Gasteiger partial charge in [-0.1, -0.05) is 91.0 Å². The van der Waals surface area contributed by atoms with E-state index in [1.54, 1.807) is 99.6 Å². The van der Waals surface area contributed by atoms with Gasteiger partial charge in [-0.15, -0.1) is 0 Å². The quantitative estimate of drug-likeness (QED) is 0.0780. The van der Waals surface area contributed by atoms with Crippen LogP contribution in [0.3, 0.4) is 0 Å². The van der Waals surface area contributed by atoms with Crippen LogP contribution in [-0.4, -0.2) is 237 Å². The van der Waals surface area contributed by atoms with Crippen LogP contribution in [0.15, 0.2) is 91.0 Å². The van der Waals surface area contributed by atoms with E-state index >= 15 is 0 Å². The third-order valence-electron chi connectivity index (χ3n) is 13.6. The number of carboxylic acid groups (broad SMARTS) is 2. The number of carbonyl (C=O) groups excluding carboxylic acids is 5. The Hall–Kier alpha value is -6.65. The van der Waals surface area contributed by atoms with E-state index in [1.807, 2.05) is 12.1 Å². The minimum absolute atomic E-state index is 0. The van der Waals surface area contributed by atoms with Gasteiger partial charge in [0.05, 0.1) is 38.8 Å². The average molecular weight is 1340 g/mol. The molecule has 6 aliphatic heterocycles. The number of amides is 4. The number of aliphatic carboxylic acids is 2. The van der Waals surface area contributed by atoms with Crippen LogP contribution in [0.5, 0.6) is 0 Å². The van der Waals surface area contributed by atoms with E-state index in [9.17, 15) is 68.7 Å². The summed E-state index contributed by atoms with van der Waals surface area (Å²) in [6.07, 6.45) is -16.8. The minimum atomic E-state index is -2.24. The monoisotopic (exact) mass is 1340 g/mol. The van der Waals surface area contributed by atoms with Gasteiger partial charge in [-0.05, 0) is 50.3 Å². The molecule has 6 fully saturated rings. The Bertz CT molecular complexity index is 2690. The summed E-state index contributed by atoms with van der Waals surface area (Å²) in [5.41, 5.74) is 1.39. The Morgan fingerprint density at radius 1 is 0.500 bits per heavy atom. The van der Waals surface area contributed by atoms with Crippen molar-refractivity contribution in [2.45, 2.75) is 165 Å². The zero-order valence-electron chi connectivity index (χ0n) is 51.1. The molecular formula is C59H77F8N4NaO20. The van der Waals surface area contributed by atoms with Crippen molar-refractivity contribution >= 4 is 42.3 Å². The van der Waals surface area contributed by atoms with Gasteiger partial charge in [-0.25, -0.2) is 63.9 Å². The van der Waals surface area contributed by atoms with Crippen LogP contribution >= 0.6 is 0 Å². The van der Waals surface area contributed by atoms with Gasteiger partial charge in [0.15, 0.2) is 74.0 Å². The molecule has 3 aromatic rings. The van der Waals surface area contributed by atoms with E-state index in [0.717, 1.165) is 66.7 Å². The topological polar surface area (TPSA) is 328 Å². The molecule has 0 radical (unpaired) electrons. The summed E-state index contributed by atoms with van der Waals surface area (Å²) < 4.78 is 141. The van der Waals surface area contributed by atoms with Crippen molar-refractivity contribution < 1.29 is 162 Å². The van der Waals surface area contributed by atoms with Gasteiger partial charge in [-0.2, -0.15) is 0 Å². The third-order valence-corrected chi connectivity index (χ3v) is 13.6. The van der Waals surface area contributed by atoms with Gasteiger partial charge in [0.25, 0.3) is 0 Å². The SMILES string of the molecule is CC(=O)OC[C@@H]1[C@@H](F)[C@@H](F)CN1C(=O)OCc1ccccc1.CC(C)(C)OC(=O)N1C[C@H](F)[C@H](F)[C@H]1C(=O)O.O=C(O)[C@@H]1[C@@H](F)[C@@H](F)CN1C(=O)OCc1ccccc1.O=C(OCc1ccccc1)N1C[C@H](F)[C@H](F)[C@H]1CO.OC1CCCO1.OC1CCCO1.[Na+].[OH-]. The van der Waals surface area contributed by atoms with E-state index in [1.165, 1.54) is 0 Å². The number of alkyl halides is 8. The van der Waals surface area contributed by atoms with Crippen molar-refractivity contribution in [2.75, 3.05) is 52.6 Å². The third kappa shape index (κ3) is 26.4. The maximum absolute atomic E-state index is 13.8. The summed E-state index contributed by atoms with van der Waals surface area (Å²) in [7, 11) is 0. The molecular weight excluding hydrogens is 1260 g/mol. The van der Waals surface area contributed by atoms with Crippen molar-refractivity contribution in [3.05, 3.63) is 108 Å². The second kappa shape index (κ2) is 40.5. The number of aliphatic hydroxyl groups is 3. The Labute approximate surface area is 547 Å². The smallest absolute Gasteiger partial charge is 0.870 e. The molecule has 0 aromatic heterocycles. The number of aliphatic hydroxyl groups excluding tert-OH is 3. The predicted octanol–water partition coefficient (Wildman–Crippen LogP) is 4.11. The molecule has 0 aliphatic carbocycles. The van der Waals surface area contributed by atoms with Crippen molar-refractivity contribution in [1.82, 2.24) is 19.6 Å².